The molecule has 1 atom stereocenters. The van der Waals surface area contributed by atoms with Crippen LogP contribution in [-0.2, 0) is 6.18 Å². The Kier molecular flexibility index (Phi) is 4.97. The molecule has 3 aromatic carbocycles. The van der Waals surface area contributed by atoms with E-state index in [0.717, 1.165) is 28.7 Å². The Morgan fingerprint density at radius 1 is 1.00 bits per heavy atom. The van der Waals surface area contributed by atoms with E-state index in [1.807, 2.05) is 0 Å². The maximum Gasteiger partial charge on any atom is 0.416 e. The number of rotatable bonds is 3. The van der Waals surface area contributed by atoms with Gasteiger partial charge in [0.1, 0.15) is 5.58 Å². The van der Waals surface area contributed by atoms with Gasteiger partial charge in [-0.3, -0.25) is 24.6 Å². The summed E-state index contributed by atoms with van der Waals surface area (Å²) < 4.78 is 46.0. The lowest BCUT2D eigenvalue weighted by Crippen LogP contribution is -2.29. The van der Waals surface area contributed by atoms with Gasteiger partial charge < -0.3 is 4.42 Å². The number of alkyl halides is 3. The second-order valence-electron chi connectivity index (χ2n) is 8.15. The van der Waals surface area contributed by atoms with E-state index in [0.29, 0.717) is 0 Å². The lowest BCUT2D eigenvalue weighted by molar-refractivity contribution is -0.384. The molecule has 0 spiro atoms. The molecule has 35 heavy (non-hydrogen) atoms. The van der Waals surface area contributed by atoms with Gasteiger partial charge in [-0.05, 0) is 42.8 Å². The second kappa shape index (κ2) is 7.79. The van der Waals surface area contributed by atoms with Gasteiger partial charge in [0, 0.05) is 17.8 Å². The van der Waals surface area contributed by atoms with Gasteiger partial charge in [0.15, 0.2) is 5.43 Å². The van der Waals surface area contributed by atoms with Gasteiger partial charge in [0.05, 0.1) is 27.5 Å². The lowest BCUT2D eigenvalue weighted by Gasteiger charge is -2.25. The Morgan fingerprint density at radius 2 is 1.74 bits per heavy atom. The minimum atomic E-state index is -4.67. The van der Waals surface area contributed by atoms with Gasteiger partial charge in [-0.25, -0.2) is 0 Å². The van der Waals surface area contributed by atoms with E-state index in [9.17, 15) is 32.9 Å². The fourth-order valence-corrected chi connectivity index (χ4v) is 4.31. The maximum atomic E-state index is 13.6. The van der Waals surface area contributed by atoms with Crippen molar-refractivity contribution in [3.63, 3.8) is 0 Å². The normalized spacial score (nSPS) is 15.5. The van der Waals surface area contributed by atoms with Gasteiger partial charge >= 0.3 is 6.18 Å². The number of nitro benzene ring substituents is 1. The molecule has 1 amide bonds. The summed E-state index contributed by atoms with van der Waals surface area (Å²) >= 11 is 0. The second-order valence-corrected chi connectivity index (χ2v) is 8.15. The number of hydrogen-bond acceptors (Lipinski definition) is 5. The molecule has 4 aromatic rings. The highest BCUT2D eigenvalue weighted by Gasteiger charge is 2.44. The van der Waals surface area contributed by atoms with Crippen molar-refractivity contribution >= 4 is 28.3 Å². The quantitative estimate of drug-likeness (QED) is 0.274. The van der Waals surface area contributed by atoms with Gasteiger partial charge in [-0.1, -0.05) is 29.8 Å². The average molecular weight is 480 g/mol. The molecule has 0 aliphatic carbocycles. The number of amides is 1. The first-order valence-corrected chi connectivity index (χ1v) is 10.4. The molecule has 0 saturated heterocycles. The Hall–Kier alpha value is -4.47. The van der Waals surface area contributed by atoms with Crippen LogP contribution < -0.4 is 10.3 Å². The first-order valence-electron chi connectivity index (χ1n) is 10.4. The van der Waals surface area contributed by atoms with Gasteiger partial charge in [0.25, 0.3) is 11.6 Å². The summed E-state index contributed by atoms with van der Waals surface area (Å²) in [5.74, 6) is -1.14. The molecule has 0 saturated carbocycles. The number of non-ortho nitro benzene ring substituents is 1. The highest BCUT2D eigenvalue weighted by molar-refractivity contribution is 6.10. The molecule has 7 nitrogen and oxygen atoms in total. The number of fused-ring (bicyclic) bond motifs is 2. The van der Waals surface area contributed by atoms with E-state index in [1.54, 1.807) is 19.1 Å². The van der Waals surface area contributed by atoms with Crippen molar-refractivity contribution in [2.24, 2.45) is 0 Å². The van der Waals surface area contributed by atoms with Crippen molar-refractivity contribution in [2.45, 2.75) is 19.1 Å². The smallest absolute Gasteiger partial charge is 0.416 e. The summed E-state index contributed by atoms with van der Waals surface area (Å²) in [6.45, 7) is 1.77. The SMILES string of the molecule is Cc1ccc2oc3c(c(=O)c2c1)C(c1cccc([N+](=O)[O-])c1)N(c1cccc(C(F)(F)F)c1)C3=O. The molecule has 0 radical (unpaired) electrons. The fraction of sp³-hybridized carbons (Fsp3) is 0.120. The number of carbonyl (C=O) groups is 1. The Morgan fingerprint density at radius 3 is 2.46 bits per heavy atom. The third kappa shape index (κ3) is 3.63. The predicted octanol–water partition coefficient (Wildman–Crippen LogP) is 5.78. The highest BCUT2D eigenvalue weighted by atomic mass is 19.4. The standard InChI is InChI=1S/C25H15F3N2O5/c1-13-8-9-19-18(10-13)22(31)20-21(14-4-2-7-17(11-14)30(33)34)29(24(32)23(20)35-19)16-6-3-5-15(12-16)25(26,27)28/h2-12,21H,1H3. The van der Waals surface area contributed by atoms with Gasteiger partial charge in [0.2, 0.25) is 5.76 Å². The zero-order valence-electron chi connectivity index (χ0n) is 18.0. The number of nitrogens with zero attached hydrogens (tertiary/aromatic N) is 2. The molecular weight excluding hydrogens is 465 g/mol. The van der Waals surface area contributed by atoms with Crippen molar-refractivity contribution in [2.75, 3.05) is 4.90 Å². The van der Waals surface area contributed by atoms with Crippen molar-refractivity contribution in [3.8, 4) is 0 Å². The summed E-state index contributed by atoms with van der Waals surface area (Å²) in [5, 5.41) is 11.6. The molecule has 1 aliphatic rings. The molecule has 0 N–H and O–H groups in total. The topological polar surface area (TPSA) is 93.7 Å². The molecule has 176 valence electrons. The number of aryl methyl sites for hydroxylation is 1. The van der Waals surface area contributed by atoms with E-state index in [4.69, 9.17) is 4.42 Å². The lowest BCUT2D eigenvalue weighted by atomic mass is 9.97. The van der Waals surface area contributed by atoms with Crippen LogP contribution in [0, 0.1) is 17.0 Å². The van der Waals surface area contributed by atoms with Crippen LogP contribution in [0.4, 0.5) is 24.5 Å². The minimum Gasteiger partial charge on any atom is -0.450 e. The number of carbonyl (C=O) groups excluding carboxylic acids is 1. The van der Waals surface area contributed by atoms with E-state index < -0.39 is 34.0 Å². The number of hydrogen-bond donors (Lipinski definition) is 0. The summed E-state index contributed by atoms with van der Waals surface area (Å²) in [4.78, 5) is 38.8. The minimum absolute atomic E-state index is 0.0917. The molecule has 1 aromatic heterocycles. The van der Waals surface area contributed by atoms with E-state index in [1.165, 1.54) is 36.4 Å². The van der Waals surface area contributed by atoms with Crippen LogP contribution in [0.1, 0.15) is 38.9 Å². The third-order valence-electron chi connectivity index (χ3n) is 5.87. The highest BCUT2D eigenvalue weighted by Crippen LogP contribution is 2.43. The van der Waals surface area contributed by atoms with Crippen LogP contribution in [0.3, 0.4) is 0 Å². The van der Waals surface area contributed by atoms with Crippen molar-refractivity contribution in [1.82, 2.24) is 0 Å². The van der Waals surface area contributed by atoms with Crippen LogP contribution in [0.2, 0.25) is 0 Å². The maximum absolute atomic E-state index is 13.6. The molecular formula is C25H15F3N2O5. The summed E-state index contributed by atoms with van der Waals surface area (Å²) in [5.41, 5.74) is -0.956. The summed E-state index contributed by atoms with van der Waals surface area (Å²) in [7, 11) is 0. The van der Waals surface area contributed by atoms with E-state index in [2.05, 4.69) is 0 Å². The van der Waals surface area contributed by atoms with Gasteiger partial charge in [-0.2, -0.15) is 13.2 Å². The number of halogens is 3. The zero-order chi connectivity index (χ0) is 25.1. The fourth-order valence-electron chi connectivity index (χ4n) is 4.31. The van der Waals surface area contributed by atoms with Crippen molar-refractivity contribution in [1.29, 1.82) is 0 Å². The van der Waals surface area contributed by atoms with Crippen LogP contribution in [0.5, 0.6) is 0 Å². The summed E-state index contributed by atoms with van der Waals surface area (Å²) in [6.07, 6.45) is -4.67. The first kappa shape index (κ1) is 22.3. The largest absolute Gasteiger partial charge is 0.450 e. The van der Waals surface area contributed by atoms with Crippen LogP contribution in [-0.4, -0.2) is 10.8 Å². The van der Waals surface area contributed by atoms with Crippen LogP contribution in [0.15, 0.2) is 75.9 Å². The van der Waals surface area contributed by atoms with Gasteiger partial charge in [-0.15, -0.1) is 0 Å². The predicted molar refractivity (Wildman–Crippen MR) is 120 cm³/mol. The number of anilines is 1. The summed E-state index contributed by atoms with van der Waals surface area (Å²) in [6, 6.07) is 13.0. The monoisotopic (exact) mass is 480 g/mol. The third-order valence-corrected chi connectivity index (χ3v) is 5.87. The number of nitro groups is 1. The Bertz CT molecular complexity index is 1590. The molecule has 1 aliphatic heterocycles. The molecule has 10 heteroatoms. The number of benzene rings is 3. The Labute approximate surface area is 195 Å². The molecule has 0 fully saturated rings. The molecule has 5 rings (SSSR count). The first-order chi connectivity index (χ1) is 16.6. The van der Waals surface area contributed by atoms with Crippen molar-refractivity contribution < 1.29 is 27.3 Å². The average Bonchev–Trinajstić information content (AvgIpc) is 3.12. The van der Waals surface area contributed by atoms with E-state index >= 15 is 0 Å². The Balaban J connectivity index is 1.81. The zero-order valence-corrected chi connectivity index (χ0v) is 18.0. The van der Waals surface area contributed by atoms with Crippen LogP contribution in [0.25, 0.3) is 11.0 Å². The molecule has 0 bridgehead atoms. The van der Waals surface area contributed by atoms with Crippen molar-refractivity contribution in [3.05, 3.63) is 115 Å². The van der Waals surface area contributed by atoms with Crippen LogP contribution >= 0.6 is 0 Å². The molecule has 1 unspecified atom stereocenters. The van der Waals surface area contributed by atoms with E-state index in [-0.39, 0.29) is 39.2 Å². The molecule has 2 heterocycles.